The third kappa shape index (κ3) is 2.47. The monoisotopic (exact) mass is 250 g/mol. The zero-order valence-corrected chi connectivity index (χ0v) is 10.0. The normalized spacial score (nSPS) is 14.3. The van der Waals surface area contributed by atoms with Crippen molar-refractivity contribution in [2.24, 2.45) is 0 Å². The van der Waals surface area contributed by atoms with Crippen LogP contribution in [0.4, 0.5) is 0 Å². The van der Waals surface area contributed by atoms with Gasteiger partial charge in [0, 0.05) is 11.2 Å². The Bertz CT molecular complexity index is 572. The highest BCUT2D eigenvalue weighted by molar-refractivity contribution is 8.29. The van der Waals surface area contributed by atoms with E-state index in [1.165, 1.54) is 0 Å². The van der Waals surface area contributed by atoms with E-state index in [9.17, 15) is 8.76 Å². The van der Waals surface area contributed by atoms with Crippen LogP contribution in [0.5, 0.6) is 0 Å². The molecule has 2 aromatic carbocycles. The first-order valence-electron chi connectivity index (χ1n) is 4.70. The molecule has 0 spiro atoms. The molecule has 0 amide bonds. The van der Waals surface area contributed by atoms with Crippen LogP contribution in [0.15, 0.2) is 59.5 Å². The summed E-state index contributed by atoms with van der Waals surface area (Å²) < 4.78 is 20.4. The first-order valence-corrected chi connectivity index (χ1v) is 7.14. The summed E-state index contributed by atoms with van der Waals surface area (Å²) in [6.07, 6.45) is 0. The van der Waals surface area contributed by atoms with Crippen LogP contribution in [-0.4, -0.2) is 8.76 Å². The smallest absolute Gasteiger partial charge is 0.171 e. The highest BCUT2D eigenvalue weighted by Crippen LogP contribution is 2.20. The number of rotatable bonds is 2. The van der Waals surface area contributed by atoms with Crippen molar-refractivity contribution in [3.8, 4) is 11.1 Å². The second-order valence-corrected chi connectivity index (χ2v) is 6.14. The Labute approximate surface area is 99.4 Å². The zero-order valence-electron chi connectivity index (χ0n) is 8.37. The molecular weight excluding hydrogens is 240 g/mol. The Kier molecular flexibility index (Phi) is 3.05. The molecule has 2 rings (SSSR count). The SMILES string of the molecule is O=S(O)(=S)c1ccc(-c2ccccc2)cc1. The highest BCUT2D eigenvalue weighted by atomic mass is 32.8. The zero-order chi connectivity index (χ0) is 11.6. The molecule has 2 aromatic rings. The molecule has 0 heterocycles. The average Bonchev–Trinajstić information content (AvgIpc) is 2.29. The van der Waals surface area contributed by atoms with Crippen LogP contribution in [0.1, 0.15) is 0 Å². The maximum absolute atomic E-state index is 11.2. The van der Waals surface area contributed by atoms with Crippen LogP contribution in [0.3, 0.4) is 0 Å². The molecule has 82 valence electrons. The largest absolute Gasteiger partial charge is 0.302 e. The predicted molar refractivity (Wildman–Crippen MR) is 68.3 cm³/mol. The fraction of sp³-hybridized carbons (Fsp3) is 0. The second-order valence-electron chi connectivity index (χ2n) is 3.37. The molecule has 0 aliphatic carbocycles. The minimum atomic E-state index is -3.27. The lowest BCUT2D eigenvalue weighted by molar-refractivity contribution is 0.562. The fourth-order valence-corrected chi connectivity index (χ4v) is 2.26. The Morgan fingerprint density at radius 1 is 0.875 bits per heavy atom. The van der Waals surface area contributed by atoms with Gasteiger partial charge in [0.05, 0.1) is 4.90 Å². The molecule has 0 radical (unpaired) electrons. The minimum absolute atomic E-state index is 0.280. The van der Waals surface area contributed by atoms with E-state index >= 15 is 0 Å². The lowest BCUT2D eigenvalue weighted by Gasteiger charge is -2.03. The van der Waals surface area contributed by atoms with Crippen molar-refractivity contribution < 1.29 is 8.76 Å². The van der Waals surface area contributed by atoms with Gasteiger partial charge < -0.3 is 4.55 Å². The molecular formula is C12H10O2S2. The van der Waals surface area contributed by atoms with Gasteiger partial charge in [0.1, 0.15) is 0 Å². The summed E-state index contributed by atoms with van der Waals surface area (Å²) in [5.74, 6) is 0. The van der Waals surface area contributed by atoms with Crippen molar-refractivity contribution in [3.05, 3.63) is 54.6 Å². The molecule has 1 atom stereocenters. The van der Waals surface area contributed by atoms with E-state index in [4.69, 9.17) is 0 Å². The quantitative estimate of drug-likeness (QED) is 0.890. The summed E-state index contributed by atoms with van der Waals surface area (Å²) in [4.78, 5) is 0.280. The van der Waals surface area contributed by atoms with Crippen molar-refractivity contribution in [2.75, 3.05) is 0 Å². The number of hydrogen-bond acceptors (Lipinski definition) is 2. The molecule has 4 heteroatoms. The summed E-state index contributed by atoms with van der Waals surface area (Å²) in [7, 11) is -3.27. The van der Waals surface area contributed by atoms with Crippen molar-refractivity contribution in [3.63, 3.8) is 0 Å². The van der Waals surface area contributed by atoms with E-state index < -0.39 is 8.77 Å². The van der Waals surface area contributed by atoms with E-state index in [0.717, 1.165) is 11.1 Å². The van der Waals surface area contributed by atoms with E-state index in [1.54, 1.807) is 24.3 Å². The van der Waals surface area contributed by atoms with Crippen molar-refractivity contribution in [1.29, 1.82) is 0 Å². The maximum atomic E-state index is 11.2. The molecule has 0 fully saturated rings. The van der Waals surface area contributed by atoms with Crippen molar-refractivity contribution in [1.82, 2.24) is 0 Å². The van der Waals surface area contributed by atoms with Gasteiger partial charge in [-0.3, -0.25) is 0 Å². The molecule has 1 N–H and O–H groups in total. The molecule has 0 saturated heterocycles. The van der Waals surface area contributed by atoms with Crippen LogP contribution in [0.2, 0.25) is 0 Å². The van der Waals surface area contributed by atoms with Crippen LogP contribution < -0.4 is 0 Å². The van der Waals surface area contributed by atoms with Crippen LogP contribution >= 0.6 is 0 Å². The standard InChI is InChI=1S/C12H10O2S2/c13-16(14,15)12-8-6-11(7-9-12)10-4-2-1-3-5-10/h1-9H,(H,13,14,15). The molecule has 2 nitrogen and oxygen atoms in total. The lowest BCUT2D eigenvalue weighted by atomic mass is 10.1. The van der Waals surface area contributed by atoms with Gasteiger partial charge in [-0.2, -0.15) is 0 Å². The molecule has 0 aromatic heterocycles. The van der Waals surface area contributed by atoms with E-state index in [0.29, 0.717) is 0 Å². The lowest BCUT2D eigenvalue weighted by Crippen LogP contribution is -1.95. The van der Waals surface area contributed by atoms with Crippen LogP contribution in [0.25, 0.3) is 11.1 Å². The maximum Gasteiger partial charge on any atom is 0.171 e. The molecule has 0 aliphatic heterocycles. The summed E-state index contributed by atoms with van der Waals surface area (Å²) in [6.45, 7) is 0. The Hall–Kier alpha value is -1.23. The Morgan fingerprint density at radius 3 is 1.88 bits per heavy atom. The van der Waals surface area contributed by atoms with Gasteiger partial charge in [0.25, 0.3) is 0 Å². The fourth-order valence-electron chi connectivity index (χ4n) is 1.45. The summed E-state index contributed by atoms with van der Waals surface area (Å²) in [5, 5.41) is 0. The van der Waals surface area contributed by atoms with Gasteiger partial charge in [0.15, 0.2) is 8.77 Å². The van der Waals surface area contributed by atoms with Crippen molar-refractivity contribution >= 4 is 20.0 Å². The summed E-state index contributed by atoms with van der Waals surface area (Å²) in [5.41, 5.74) is 2.07. The molecule has 16 heavy (non-hydrogen) atoms. The van der Waals surface area contributed by atoms with Gasteiger partial charge in [-0.25, -0.2) is 4.21 Å². The Balaban J connectivity index is 2.41. The third-order valence-corrected chi connectivity index (χ3v) is 3.70. The molecule has 0 saturated carbocycles. The minimum Gasteiger partial charge on any atom is -0.302 e. The predicted octanol–water partition coefficient (Wildman–Crippen LogP) is 2.93. The number of benzene rings is 2. The number of hydrogen-bond donors (Lipinski definition) is 1. The van der Waals surface area contributed by atoms with Crippen LogP contribution in [-0.2, 0) is 20.0 Å². The first kappa shape index (κ1) is 11.3. The van der Waals surface area contributed by atoms with Gasteiger partial charge in [-0.1, -0.05) is 42.5 Å². The molecule has 1 unspecified atom stereocenters. The topological polar surface area (TPSA) is 37.3 Å². The van der Waals surface area contributed by atoms with Crippen LogP contribution in [0, 0.1) is 0 Å². The molecule has 0 bridgehead atoms. The van der Waals surface area contributed by atoms with Crippen molar-refractivity contribution in [2.45, 2.75) is 4.90 Å². The van der Waals surface area contributed by atoms with Gasteiger partial charge in [0.2, 0.25) is 0 Å². The van der Waals surface area contributed by atoms with Gasteiger partial charge >= 0.3 is 0 Å². The van der Waals surface area contributed by atoms with Gasteiger partial charge in [-0.15, -0.1) is 0 Å². The Morgan fingerprint density at radius 2 is 1.38 bits per heavy atom. The average molecular weight is 250 g/mol. The third-order valence-electron chi connectivity index (χ3n) is 2.26. The van der Waals surface area contributed by atoms with E-state index in [2.05, 4.69) is 11.2 Å². The van der Waals surface area contributed by atoms with E-state index in [-0.39, 0.29) is 4.90 Å². The second kappa shape index (κ2) is 4.33. The summed E-state index contributed by atoms with van der Waals surface area (Å²) >= 11 is 4.49. The first-order chi connectivity index (χ1) is 7.57. The highest BCUT2D eigenvalue weighted by Gasteiger charge is 2.04. The van der Waals surface area contributed by atoms with E-state index in [1.807, 2.05) is 30.3 Å². The summed E-state index contributed by atoms with van der Waals surface area (Å²) in [6, 6.07) is 16.6. The molecule has 0 aliphatic rings. The van der Waals surface area contributed by atoms with Gasteiger partial charge in [-0.05, 0) is 23.3 Å².